The van der Waals surface area contributed by atoms with Gasteiger partial charge in [0.25, 0.3) is 0 Å². The predicted octanol–water partition coefficient (Wildman–Crippen LogP) is 1.13. The van der Waals surface area contributed by atoms with Crippen LogP contribution in [-0.2, 0) is 19.6 Å². The minimum absolute atomic E-state index is 0.0583. The highest BCUT2D eigenvalue weighted by Crippen LogP contribution is 2.15. The van der Waals surface area contributed by atoms with E-state index in [1.54, 1.807) is 0 Å². The highest BCUT2D eigenvalue weighted by Gasteiger charge is 2.24. The molecule has 1 rings (SSSR count). The Morgan fingerprint density at radius 3 is 2.32 bits per heavy atom. The van der Waals surface area contributed by atoms with Gasteiger partial charge in [-0.15, -0.1) is 0 Å². The molecule has 9 heteroatoms. The van der Waals surface area contributed by atoms with E-state index in [1.807, 2.05) is 6.26 Å². The first-order valence-electron chi connectivity index (χ1n) is 6.38. The molecule has 1 amide bonds. The van der Waals surface area contributed by atoms with Crippen LogP contribution in [0.2, 0.25) is 0 Å². The van der Waals surface area contributed by atoms with Gasteiger partial charge < -0.3 is 10.4 Å². The largest absolute Gasteiger partial charge is 0.480 e. The summed E-state index contributed by atoms with van der Waals surface area (Å²) in [4.78, 5) is 22.0. The molecular weight excluding hydrogens is 328 g/mol. The van der Waals surface area contributed by atoms with E-state index in [0.29, 0.717) is 11.4 Å². The SMILES string of the molecule is CSCC[C@H](NS(=O)(=O)c1ccc(NC(C)=O)cc1)C(=O)O. The van der Waals surface area contributed by atoms with Gasteiger partial charge in [0.2, 0.25) is 15.9 Å². The molecule has 1 atom stereocenters. The van der Waals surface area contributed by atoms with Gasteiger partial charge >= 0.3 is 5.97 Å². The van der Waals surface area contributed by atoms with Gasteiger partial charge in [-0.3, -0.25) is 9.59 Å². The summed E-state index contributed by atoms with van der Waals surface area (Å²) >= 11 is 1.44. The molecule has 0 spiro atoms. The number of rotatable bonds is 8. The van der Waals surface area contributed by atoms with E-state index >= 15 is 0 Å². The maximum absolute atomic E-state index is 12.2. The highest BCUT2D eigenvalue weighted by atomic mass is 32.2. The molecule has 0 aliphatic rings. The maximum Gasteiger partial charge on any atom is 0.321 e. The fourth-order valence-electron chi connectivity index (χ4n) is 1.64. The van der Waals surface area contributed by atoms with Crippen molar-refractivity contribution in [1.29, 1.82) is 0 Å². The highest BCUT2D eigenvalue weighted by molar-refractivity contribution is 7.98. The van der Waals surface area contributed by atoms with E-state index in [-0.39, 0.29) is 17.2 Å². The lowest BCUT2D eigenvalue weighted by Crippen LogP contribution is -2.41. The summed E-state index contributed by atoms with van der Waals surface area (Å²) in [6.07, 6.45) is 2.01. The number of carboxylic acid groups (broad SMARTS) is 1. The summed E-state index contributed by atoms with van der Waals surface area (Å²) < 4.78 is 26.5. The molecule has 0 unspecified atom stereocenters. The number of nitrogens with one attached hydrogen (secondary N) is 2. The average Bonchev–Trinajstić information content (AvgIpc) is 2.43. The number of carbonyl (C=O) groups is 2. The Hall–Kier alpha value is -1.58. The number of hydrogen-bond acceptors (Lipinski definition) is 5. The normalized spacial score (nSPS) is 12.6. The van der Waals surface area contributed by atoms with Gasteiger partial charge in [-0.1, -0.05) is 0 Å². The third kappa shape index (κ3) is 5.66. The van der Waals surface area contributed by atoms with Crippen LogP contribution in [0.5, 0.6) is 0 Å². The van der Waals surface area contributed by atoms with E-state index < -0.39 is 22.0 Å². The first-order chi connectivity index (χ1) is 10.3. The minimum atomic E-state index is -3.93. The number of anilines is 1. The fourth-order valence-corrected chi connectivity index (χ4v) is 3.34. The van der Waals surface area contributed by atoms with E-state index in [4.69, 9.17) is 5.11 Å². The summed E-state index contributed by atoms with van der Waals surface area (Å²) in [5.74, 6) is -0.953. The molecule has 122 valence electrons. The quantitative estimate of drug-likeness (QED) is 0.650. The second-order valence-electron chi connectivity index (χ2n) is 4.50. The van der Waals surface area contributed by atoms with Gasteiger partial charge in [-0.25, -0.2) is 8.42 Å². The maximum atomic E-state index is 12.2. The van der Waals surface area contributed by atoms with Crippen LogP contribution in [0.4, 0.5) is 5.69 Å². The van der Waals surface area contributed by atoms with E-state index in [1.165, 1.54) is 43.0 Å². The Morgan fingerprint density at radius 2 is 1.86 bits per heavy atom. The molecule has 0 aromatic heterocycles. The Bertz CT molecular complexity index is 628. The standard InChI is InChI=1S/C13H18N2O5S2/c1-9(16)14-10-3-5-11(6-4-10)22(19,20)15-12(13(17)18)7-8-21-2/h3-6,12,15H,7-8H2,1-2H3,(H,14,16)(H,17,18)/t12-/m0/s1. The Labute approximate surface area is 133 Å². The van der Waals surface area contributed by atoms with Crippen molar-refractivity contribution in [2.75, 3.05) is 17.3 Å². The molecule has 0 aliphatic carbocycles. The number of amides is 1. The van der Waals surface area contributed by atoms with Crippen LogP contribution < -0.4 is 10.0 Å². The van der Waals surface area contributed by atoms with Crippen LogP contribution in [0.25, 0.3) is 0 Å². The average molecular weight is 346 g/mol. The molecule has 0 radical (unpaired) electrons. The van der Waals surface area contributed by atoms with Crippen LogP contribution in [-0.4, -0.2) is 43.5 Å². The van der Waals surface area contributed by atoms with E-state index in [2.05, 4.69) is 10.0 Å². The van der Waals surface area contributed by atoms with E-state index in [9.17, 15) is 18.0 Å². The van der Waals surface area contributed by atoms with Gasteiger partial charge in [-0.2, -0.15) is 16.5 Å². The molecular formula is C13H18N2O5S2. The Morgan fingerprint density at radius 1 is 1.27 bits per heavy atom. The summed E-state index contributed by atoms with van der Waals surface area (Å²) in [6.45, 7) is 1.34. The lowest BCUT2D eigenvalue weighted by Gasteiger charge is -2.14. The van der Waals surface area contributed by atoms with Crippen molar-refractivity contribution in [3.05, 3.63) is 24.3 Å². The molecule has 22 heavy (non-hydrogen) atoms. The van der Waals surface area contributed by atoms with Crippen molar-refractivity contribution in [2.45, 2.75) is 24.3 Å². The van der Waals surface area contributed by atoms with Crippen molar-refractivity contribution in [2.24, 2.45) is 0 Å². The van der Waals surface area contributed by atoms with Gasteiger partial charge in [0.1, 0.15) is 6.04 Å². The van der Waals surface area contributed by atoms with Crippen molar-refractivity contribution >= 4 is 39.3 Å². The number of hydrogen-bond donors (Lipinski definition) is 3. The second-order valence-corrected chi connectivity index (χ2v) is 7.20. The third-order valence-electron chi connectivity index (χ3n) is 2.69. The number of thioether (sulfide) groups is 1. The van der Waals surface area contributed by atoms with Crippen LogP contribution in [0.3, 0.4) is 0 Å². The van der Waals surface area contributed by atoms with Crippen molar-refractivity contribution < 1.29 is 23.1 Å². The van der Waals surface area contributed by atoms with Gasteiger partial charge in [0.15, 0.2) is 0 Å². The first-order valence-corrected chi connectivity index (χ1v) is 9.25. The van der Waals surface area contributed by atoms with Crippen molar-refractivity contribution in [3.63, 3.8) is 0 Å². The zero-order chi connectivity index (χ0) is 16.8. The molecule has 7 nitrogen and oxygen atoms in total. The molecule has 0 saturated carbocycles. The smallest absolute Gasteiger partial charge is 0.321 e. The zero-order valence-electron chi connectivity index (χ0n) is 12.2. The van der Waals surface area contributed by atoms with Crippen LogP contribution in [0.1, 0.15) is 13.3 Å². The Kier molecular flexibility index (Phi) is 6.85. The monoisotopic (exact) mass is 346 g/mol. The first kappa shape index (κ1) is 18.5. The van der Waals surface area contributed by atoms with Crippen molar-refractivity contribution in [3.8, 4) is 0 Å². The predicted molar refractivity (Wildman–Crippen MR) is 85.5 cm³/mol. The summed E-state index contributed by atoms with van der Waals surface area (Å²) in [6, 6.07) is 4.32. The minimum Gasteiger partial charge on any atom is -0.480 e. The summed E-state index contributed by atoms with van der Waals surface area (Å²) in [5.41, 5.74) is 0.462. The third-order valence-corrected chi connectivity index (χ3v) is 4.82. The fraction of sp³-hybridized carbons (Fsp3) is 0.385. The zero-order valence-corrected chi connectivity index (χ0v) is 13.8. The molecule has 0 aliphatic heterocycles. The Balaban J connectivity index is 2.88. The molecule has 3 N–H and O–H groups in total. The summed E-state index contributed by atoms with van der Waals surface area (Å²) in [7, 11) is -3.93. The van der Waals surface area contributed by atoms with Gasteiger partial charge in [-0.05, 0) is 42.7 Å². The number of benzene rings is 1. The molecule has 1 aromatic carbocycles. The summed E-state index contributed by atoms with van der Waals surface area (Å²) in [5, 5.41) is 11.6. The van der Waals surface area contributed by atoms with Gasteiger partial charge in [0, 0.05) is 12.6 Å². The van der Waals surface area contributed by atoms with Crippen LogP contribution >= 0.6 is 11.8 Å². The molecule has 0 fully saturated rings. The van der Waals surface area contributed by atoms with Crippen LogP contribution in [0, 0.1) is 0 Å². The van der Waals surface area contributed by atoms with E-state index in [0.717, 1.165) is 0 Å². The van der Waals surface area contributed by atoms with Crippen LogP contribution in [0.15, 0.2) is 29.2 Å². The van der Waals surface area contributed by atoms with Gasteiger partial charge in [0.05, 0.1) is 4.90 Å². The molecule has 0 bridgehead atoms. The lowest BCUT2D eigenvalue weighted by atomic mass is 10.2. The number of carbonyl (C=O) groups excluding carboxylic acids is 1. The molecule has 0 saturated heterocycles. The topological polar surface area (TPSA) is 113 Å². The number of carboxylic acids is 1. The number of aliphatic carboxylic acids is 1. The number of sulfonamides is 1. The molecule has 1 aromatic rings. The molecule has 0 heterocycles. The van der Waals surface area contributed by atoms with Crippen molar-refractivity contribution in [1.82, 2.24) is 4.72 Å². The lowest BCUT2D eigenvalue weighted by molar-refractivity contribution is -0.139. The second kappa shape index (κ2) is 8.16.